The van der Waals surface area contributed by atoms with Gasteiger partial charge in [0.25, 0.3) is 5.91 Å². The van der Waals surface area contributed by atoms with Crippen LogP contribution in [-0.4, -0.2) is 21.7 Å². The third kappa shape index (κ3) is 2.65. The van der Waals surface area contributed by atoms with E-state index in [0.717, 1.165) is 5.56 Å². The number of rotatable bonds is 2. The Hall–Kier alpha value is -0.720. The maximum atomic E-state index is 13.1. The van der Waals surface area contributed by atoms with Gasteiger partial charge in [0.1, 0.15) is 10.1 Å². The van der Waals surface area contributed by atoms with Crippen molar-refractivity contribution in [2.24, 2.45) is 0 Å². The van der Waals surface area contributed by atoms with Gasteiger partial charge >= 0.3 is 0 Å². The van der Waals surface area contributed by atoms with E-state index in [-0.39, 0.29) is 11.7 Å². The molecule has 1 aliphatic rings. The fraction of sp³-hybridized carbons (Fsp3) is 0.167. The fourth-order valence-corrected chi connectivity index (χ4v) is 3.31. The second-order valence-corrected chi connectivity index (χ2v) is 6.13. The highest BCUT2D eigenvalue weighted by Gasteiger charge is 2.30. The quantitative estimate of drug-likeness (QED) is 0.600. The van der Waals surface area contributed by atoms with Crippen molar-refractivity contribution in [1.29, 1.82) is 0 Å². The number of amides is 1. The van der Waals surface area contributed by atoms with Crippen LogP contribution in [0.2, 0.25) is 0 Å². The number of likely N-dealkylation sites (N-methyl/N-ethyl adjacent to an activating group) is 1. The Morgan fingerprint density at radius 1 is 1.56 bits per heavy atom. The number of carbonyl (C=O) groups is 1. The van der Waals surface area contributed by atoms with E-state index in [1.54, 1.807) is 23.1 Å². The summed E-state index contributed by atoms with van der Waals surface area (Å²) in [6, 6.07) is 4.61. The molecule has 1 heterocycles. The van der Waals surface area contributed by atoms with Crippen molar-refractivity contribution in [3.8, 4) is 0 Å². The van der Waals surface area contributed by atoms with Crippen molar-refractivity contribution in [2.45, 2.75) is 6.92 Å². The lowest BCUT2D eigenvalue weighted by Gasteiger charge is -2.09. The minimum absolute atomic E-state index is 0.0899. The predicted octanol–water partition coefficient (Wildman–Crippen LogP) is 3.81. The zero-order valence-corrected chi connectivity index (χ0v) is 12.7. The Morgan fingerprint density at radius 3 is 2.83 bits per heavy atom. The molecular formula is C12H9BrFNOS2. The number of hydrogen-bond donors (Lipinski definition) is 0. The topological polar surface area (TPSA) is 20.3 Å². The van der Waals surface area contributed by atoms with Crippen molar-refractivity contribution in [1.82, 2.24) is 4.90 Å². The molecule has 6 heteroatoms. The third-order valence-electron chi connectivity index (χ3n) is 2.43. The molecule has 0 spiro atoms. The molecular weight excluding hydrogens is 337 g/mol. The van der Waals surface area contributed by atoms with Gasteiger partial charge in [-0.2, -0.15) is 0 Å². The van der Waals surface area contributed by atoms with E-state index in [9.17, 15) is 9.18 Å². The van der Waals surface area contributed by atoms with Gasteiger partial charge in [-0.15, -0.1) is 0 Å². The first-order chi connectivity index (χ1) is 8.52. The molecule has 1 fully saturated rings. The molecule has 0 radical (unpaired) electrons. The van der Waals surface area contributed by atoms with E-state index in [1.807, 2.05) is 6.92 Å². The normalized spacial score (nSPS) is 17.9. The standard InChI is InChI=1S/C12H9BrFNOS2/c1-2-15-11(16)10(18-12(15)17)6-7-3-4-9(14)8(13)5-7/h3-6H,2H2,1H3. The van der Waals surface area contributed by atoms with Crippen molar-refractivity contribution in [3.05, 3.63) is 39.0 Å². The molecule has 0 bridgehead atoms. The van der Waals surface area contributed by atoms with Crippen LogP contribution in [0.1, 0.15) is 12.5 Å². The zero-order valence-electron chi connectivity index (χ0n) is 9.44. The summed E-state index contributed by atoms with van der Waals surface area (Å²) in [5, 5.41) is 0. The highest BCUT2D eigenvalue weighted by atomic mass is 79.9. The molecule has 1 aliphatic heterocycles. The first-order valence-electron chi connectivity index (χ1n) is 5.23. The first kappa shape index (κ1) is 13.7. The highest BCUT2D eigenvalue weighted by molar-refractivity contribution is 9.10. The smallest absolute Gasteiger partial charge is 0.266 e. The highest BCUT2D eigenvalue weighted by Crippen LogP contribution is 2.32. The minimum Gasteiger partial charge on any atom is -0.293 e. The van der Waals surface area contributed by atoms with Crippen molar-refractivity contribution in [2.75, 3.05) is 6.54 Å². The van der Waals surface area contributed by atoms with Gasteiger partial charge in [0.05, 0.1) is 9.38 Å². The lowest BCUT2D eigenvalue weighted by molar-refractivity contribution is -0.121. The second-order valence-electron chi connectivity index (χ2n) is 3.60. The van der Waals surface area contributed by atoms with Gasteiger partial charge in [-0.1, -0.05) is 30.0 Å². The Kier molecular flexibility index (Phi) is 4.19. The van der Waals surface area contributed by atoms with E-state index < -0.39 is 0 Å². The maximum Gasteiger partial charge on any atom is 0.266 e. The maximum absolute atomic E-state index is 13.1. The molecule has 0 saturated carbocycles. The summed E-state index contributed by atoms with van der Waals surface area (Å²) < 4.78 is 14.0. The van der Waals surface area contributed by atoms with Crippen LogP contribution in [0.3, 0.4) is 0 Å². The molecule has 1 saturated heterocycles. The van der Waals surface area contributed by atoms with Gasteiger partial charge in [-0.3, -0.25) is 9.69 Å². The molecule has 1 aromatic rings. The lowest BCUT2D eigenvalue weighted by Crippen LogP contribution is -2.27. The molecule has 2 rings (SSSR count). The number of carbonyl (C=O) groups excluding carboxylic acids is 1. The second kappa shape index (κ2) is 5.50. The molecule has 0 N–H and O–H groups in total. The summed E-state index contributed by atoms with van der Waals surface area (Å²) in [7, 11) is 0. The SMILES string of the molecule is CCN1C(=O)C(=Cc2ccc(F)c(Br)c2)SC1=S. The number of halogens is 2. The number of thiocarbonyl (C=S) groups is 1. The Labute approximate surface area is 122 Å². The van der Waals surface area contributed by atoms with Gasteiger partial charge in [0.15, 0.2) is 0 Å². The number of nitrogens with zero attached hydrogens (tertiary/aromatic N) is 1. The molecule has 0 unspecified atom stereocenters. The average Bonchev–Trinajstić information content (AvgIpc) is 2.59. The van der Waals surface area contributed by atoms with Gasteiger partial charge in [-0.05, 0) is 46.6 Å². The lowest BCUT2D eigenvalue weighted by atomic mass is 10.2. The summed E-state index contributed by atoms with van der Waals surface area (Å²) in [5.41, 5.74) is 0.764. The predicted molar refractivity (Wildman–Crippen MR) is 79.7 cm³/mol. The average molecular weight is 346 g/mol. The van der Waals surface area contributed by atoms with E-state index >= 15 is 0 Å². The fourth-order valence-electron chi connectivity index (χ4n) is 1.53. The molecule has 0 aliphatic carbocycles. The molecule has 0 aromatic heterocycles. The summed E-state index contributed by atoms with van der Waals surface area (Å²) in [4.78, 5) is 14.1. The van der Waals surface area contributed by atoms with E-state index in [1.165, 1.54) is 17.8 Å². The summed E-state index contributed by atoms with van der Waals surface area (Å²) in [6.45, 7) is 2.44. The van der Waals surface area contributed by atoms with Crippen LogP contribution < -0.4 is 0 Å². The Bertz CT molecular complexity index is 559. The molecule has 1 aromatic carbocycles. The number of hydrogen-bond acceptors (Lipinski definition) is 3. The van der Waals surface area contributed by atoms with Gasteiger partial charge < -0.3 is 0 Å². The molecule has 94 valence electrons. The summed E-state index contributed by atoms with van der Waals surface area (Å²) >= 11 is 9.50. The van der Waals surface area contributed by atoms with Crippen molar-refractivity contribution < 1.29 is 9.18 Å². The molecule has 2 nitrogen and oxygen atoms in total. The van der Waals surface area contributed by atoms with Crippen LogP contribution in [0.25, 0.3) is 6.08 Å². The van der Waals surface area contributed by atoms with Crippen LogP contribution in [0, 0.1) is 5.82 Å². The minimum atomic E-state index is -0.326. The first-order valence-corrected chi connectivity index (χ1v) is 7.25. The van der Waals surface area contributed by atoms with Gasteiger partial charge in [0.2, 0.25) is 0 Å². The Morgan fingerprint density at radius 2 is 2.28 bits per heavy atom. The number of thioether (sulfide) groups is 1. The van der Waals surface area contributed by atoms with Crippen LogP contribution in [0.4, 0.5) is 4.39 Å². The van der Waals surface area contributed by atoms with Crippen LogP contribution >= 0.6 is 39.9 Å². The molecule has 18 heavy (non-hydrogen) atoms. The van der Waals surface area contributed by atoms with Crippen molar-refractivity contribution >= 4 is 56.2 Å². The zero-order chi connectivity index (χ0) is 13.3. The summed E-state index contributed by atoms with van der Waals surface area (Å²) in [5.74, 6) is -0.416. The molecule has 0 atom stereocenters. The van der Waals surface area contributed by atoms with Crippen LogP contribution in [0.5, 0.6) is 0 Å². The monoisotopic (exact) mass is 345 g/mol. The Balaban J connectivity index is 2.32. The third-order valence-corrected chi connectivity index (χ3v) is 4.42. The number of benzene rings is 1. The molecule has 1 amide bonds. The van der Waals surface area contributed by atoms with Gasteiger partial charge in [0, 0.05) is 6.54 Å². The largest absolute Gasteiger partial charge is 0.293 e. The van der Waals surface area contributed by atoms with E-state index in [2.05, 4.69) is 15.9 Å². The van der Waals surface area contributed by atoms with E-state index in [0.29, 0.717) is 20.2 Å². The van der Waals surface area contributed by atoms with Crippen LogP contribution in [-0.2, 0) is 4.79 Å². The van der Waals surface area contributed by atoms with Gasteiger partial charge in [-0.25, -0.2) is 4.39 Å². The van der Waals surface area contributed by atoms with E-state index in [4.69, 9.17) is 12.2 Å². The summed E-state index contributed by atoms with van der Waals surface area (Å²) in [6.07, 6.45) is 1.72. The van der Waals surface area contributed by atoms with Crippen molar-refractivity contribution in [3.63, 3.8) is 0 Å². The van der Waals surface area contributed by atoms with Crippen LogP contribution in [0.15, 0.2) is 27.6 Å².